The molecule has 0 bridgehead atoms. The normalized spacial score (nSPS) is 51.4. The van der Waals surface area contributed by atoms with Crippen LogP contribution in [0, 0.1) is 46.3 Å². The lowest BCUT2D eigenvalue weighted by Crippen LogP contribution is -2.62. The van der Waals surface area contributed by atoms with E-state index < -0.39 is 12.1 Å². The van der Waals surface area contributed by atoms with E-state index in [0.29, 0.717) is 18.8 Å². The van der Waals surface area contributed by atoms with Gasteiger partial charge in [-0.15, -0.1) is 0 Å². The van der Waals surface area contributed by atoms with E-state index in [2.05, 4.69) is 27.4 Å². The molecule has 4 aliphatic rings. The standard InChI is InChI=1S/C25H40O5/c1-13(9-14(2)23(29)30)17-5-6-18-22-19(12-21(28)25(17,18)4)24(3)8-7-16(26)10-15(24)11-20(22)27/h13,15-22,26-28H,2,5-12H2,1,3-4H3,(H,29,30)/t13-,15+,16-,17-,18+,19+,20-,21+,22+,24+,25-/m1/s1. The van der Waals surface area contributed by atoms with Crippen molar-refractivity contribution in [2.75, 3.05) is 0 Å². The van der Waals surface area contributed by atoms with Gasteiger partial charge in [0.05, 0.1) is 18.3 Å². The van der Waals surface area contributed by atoms with E-state index in [4.69, 9.17) is 0 Å². The van der Waals surface area contributed by atoms with E-state index in [1.165, 1.54) is 0 Å². The number of fused-ring (bicyclic) bond motifs is 5. The molecule has 0 heterocycles. The molecule has 4 aliphatic carbocycles. The predicted molar refractivity (Wildman–Crippen MR) is 115 cm³/mol. The summed E-state index contributed by atoms with van der Waals surface area (Å²) < 4.78 is 0. The second kappa shape index (κ2) is 7.60. The van der Waals surface area contributed by atoms with Crippen molar-refractivity contribution in [1.29, 1.82) is 0 Å². The van der Waals surface area contributed by atoms with Gasteiger partial charge in [-0.05, 0) is 97.7 Å². The molecule has 30 heavy (non-hydrogen) atoms. The van der Waals surface area contributed by atoms with E-state index in [9.17, 15) is 25.2 Å². The Morgan fingerprint density at radius 1 is 1.07 bits per heavy atom. The maximum atomic E-state index is 11.5. The number of rotatable bonds is 4. The number of aliphatic hydroxyl groups excluding tert-OH is 3. The van der Waals surface area contributed by atoms with Crippen LogP contribution in [0.4, 0.5) is 0 Å². The van der Waals surface area contributed by atoms with Gasteiger partial charge >= 0.3 is 5.97 Å². The summed E-state index contributed by atoms with van der Waals surface area (Å²) in [6.45, 7) is 10.4. The lowest BCUT2D eigenvalue weighted by atomic mass is 9.43. The first-order valence-electron chi connectivity index (χ1n) is 11.9. The Bertz CT molecular complexity index is 706. The molecule has 0 unspecified atom stereocenters. The molecule has 0 aromatic rings. The minimum absolute atomic E-state index is 0.0761. The Morgan fingerprint density at radius 2 is 1.77 bits per heavy atom. The average Bonchev–Trinajstić information content (AvgIpc) is 3.02. The van der Waals surface area contributed by atoms with Crippen molar-refractivity contribution in [2.24, 2.45) is 46.3 Å². The van der Waals surface area contributed by atoms with Gasteiger partial charge in [0.1, 0.15) is 0 Å². The Kier molecular flexibility index (Phi) is 5.64. The number of hydrogen-bond acceptors (Lipinski definition) is 4. The summed E-state index contributed by atoms with van der Waals surface area (Å²) in [4.78, 5) is 11.3. The van der Waals surface area contributed by atoms with Gasteiger partial charge in [-0.3, -0.25) is 0 Å². The molecule has 4 fully saturated rings. The number of carboxylic acids is 1. The molecule has 4 N–H and O–H groups in total. The summed E-state index contributed by atoms with van der Waals surface area (Å²) in [6.07, 6.45) is 5.37. The highest BCUT2D eigenvalue weighted by molar-refractivity contribution is 5.85. The fourth-order valence-electron chi connectivity index (χ4n) is 8.75. The largest absolute Gasteiger partial charge is 0.478 e. The molecule has 11 atom stereocenters. The van der Waals surface area contributed by atoms with Crippen molar-refractivity contribution >= 4 is 5.97 Å². The second-order valence-electron chi connectivity index (χ2n) is 11.6. The van der Waals surface area contributed by atoms with Crippen LogP contribution in [0.5, 0.6) is 0 Å². The van der Waals surface area contributed by atoms with Crippen molar-refractivity contribution in [1.82, 2.24) is 0 Å². The highest BCUT2D eigenvalue weighted by Crippen LogP contribution is 2.68. The zero-order chi connectivity index (χ0) is 22.0. The number of carbonyl (C=O) groups is 1. The fraction of sp³-hybridized carbons (Fsp3) is 0.880. The zero-order valence-corrected chi connectivity index (χ0v) is 18.8. The van der Waals surface area contributed by atoms with Gasteiger partial charge in [0, 0.05) is 5.57 Å². The lowest BCUT2D eigenvalue weighted by Gasteiger charge is -2.63. The molecule has 0 spiro atoms. The molecule has 170 valence electrons. The second-order valence-corrected chi connectivity index (χ2v) is 11.6. The lowest BCUT2D eigenvalue weighted by molar-refractivity contribution is -0.206. The summed E-state index contributed by atoms with van der Waals surface area (Å²) in [6, 6.07) is 0. The summed E-state index contributed by atoms with van der Waals surface area (Å²) >= 11 is 0. The summed E-state index contributed by atoms with van der Waals surface area (Å²) in [5, 5.41) is 42.3. The molecule has 0 aromatic carbocycles. The first-order chi connectivity index (χ1) is 14.0. The molecular formula is C25H40O5. The predicted octanol–water partition coefficient (Wildman–Crippen LogP) is 3.61. The summed E-state index contributed by atoms with van der Waals surface area (Å²) in [7, 11) is 0. The molecule has 5 heteroatoms. The smallest absolute Gasteiger partial charge is 0.330 e. The summed E-state index contributed by atoms with van der Waals surface area (Å²) in [5.74, 6) is 0.501. The van der Waals surface area contributed by atoms with Crippen LogP contribution in [0.15, 0.2) is 12.2 Å². The van der Waals surface area contributed by atoms with Gasteiger partial charge < -0.3 is 20.4 Å². The van der Waals surface area contributed by atoms with E-state index in [1.807, 2.05) is 0 Å². The van der Waals surface area contributed by atoms with E-state index >= 15 is 0 Å². The molecule has 4 rings (SSSR count). The van der Waals surface area contributed by atoms with Crippen molar-refractivity contribution < 1.29 is 25.2 Å². The number of aliphatic hydroxyl groups is 3. The third-order valence-electron chi connectivity index (χ3n) is 10.4. The monoisotopic (exact) mass is 420 g/mol. The van der Waals surface area contributed by atoms with Gasteiger partial charge in [-0.1, -0.05) is 27.4 Å². The molecular weight excluding hydrogens is 380 g/mol. The zero-order valence-electron chi connectivity index (χ0n) is 18.8. The van der Waals surface area contributed by atoms with Crippen molar-refractivity contribution in [3.63, 3.8) is 0 Å². The van der Waals surface area contributed by atoms with Crippen molar-refractivity contribution in [3.8, 4) is 0 Å². The highest BCUT2D eigenvalue weighted by atomic mass is 16.4. The van der Waals surface area contributed by atoms with Crippen molar-refractivity contribution in [2.45, 2.75) is 90.4 Å². The highest BCUT2D eigenvalue weighted by Gasteiger charge is 2.65. The number of aliphatic carboxylic acids is 1. The van der Waals surface area contributed by atoms with E-state index in [-0.39, 0.29) is 58.2 Å². The molecule has 4 saturated carbocycles. The average molecular weight is 421 g/mol. The Morgan fingerprint density at radius 3 is 2.43 bits per heavy atom. The van der Waals surface area contributed by atoms with Gasteiger partial charge in [0.15, 0.2) is 0 Å². The molecule has 5 nitrogen and oxygen atoms in total. The van der Waals surface area contributed by atoms with Gasteiger partial charge in [-0.2, -0.15) is 0 Å². The number of hydrogen-bond donors (Lipinski definition) is 4. The third kappa shape index (κ3) is 3.18. The molecule has 0 amide bonds. The fourth-order valence-corrected chi connectivity index (χ4v) is 8.75. The topological polar surface area (TPSA) is 98.0 Å². The molecule has 0 radical (unpaired) electrons. The SMILES string of the molecule is C=C(C[C@@H](C)[C@H]1CC[C@H]2[C@@H]3[C@H](O)C[C@@H]4C[C@H](O)CC[C@]4(C)[C@H]3C[C@H](O)[C@]12C)C(=O)O. The van der Waals surface area contributed by atoms with Crippen LogP contribution >= 0.6 is 0 Å². The van der Waals surface area contributed by atoms with Crippen LogP contribution in [0.1, 0.15) is 72.1 Å². The van der Waals surface area contributed by atoms with E-state index in [0.717, 1.165) is 38.5 Å². The van der Waals surface area contributed by atoms with Crippen LogP contribution in [-0.4, -0.2) is 44.7 Å². The molecule has 0 aromatic heterocycles. The van der Waals surface area contributed by atoms with Gasteiger partial charge in [0.25, 0.3) is 0 Å². The van der Waals surface area contributed by atoms with Crippen molar-refractivity contribution in [3.05, 3.63) is 12.2 Å². The minimum Gasteiger partial charge on any atom is -0.478 e. The first kappa shape index (κ1) is 22.3. The van der Waals surface area contributed by atoms with Crippen LogP contribution in [0.2, 0.25) is 0 Å². The van der Waals surface area contributed by atoms with Crippen LogP contribution in [-0.2, 0) is 4.79 Å². The molecule has 0 aliphatic heterocycles. The van der Waals surface area contributed by atoms with Crippen LogP contribution < -0.4 is 0 Å². The van der Waals surface area contributed by atoms with Gasteiger partial charge in [0.2, 0.25) is 0 Å². The van der Waals surface area contributed by atoms with Crippen LogP contribution in [0.3, 0.4) is 0 Å². The number of carboxylic acid groups (broad SMARTS) is 1. The Hall–Kier alpha value is -0.910. The van der Waals surface area contributed by atoms with Crippen LogP contribution in [0.25, 0.3) is 0 Å². The summed E-state index contributed by atoms with van der Waals surface area (Å²) in [5.41, 5.74) is 0.0244. The van der Waals surface area contributed by atoms with E-state index in [1.54, 1.807) is 0 Å². The Balaban J connectivity index is 1.62. The molecule has 0 saturated heterocycles. The third-order valence-corrected chi connectivity index (χ3v) is 10.4. The van der Waals surface area contributed by atoms with Gasteiger partial charge in [-0.25, -0.2) is 4.79 Å². The minimum atomic E-state index is -0.938. The Labute approximate surface area is 180 Å². The maximum Gasteiger partial charge on any atom is 0.330 e. The quantitative estimate of drug-likeness (QED) is 0.521. The first-order valence-corrected chi connectivity index (χ1v) is 11.9. The maximum absolute atomic E-state index is 11.5.